The van der Waals surface area contributed by atoms with Crippen molar-refractivity contribution in [1.82, 2.24) is 29.9 Å². The van der Waals surface area contributed by atoms with Gasteiger partial charge in [-0.05, 0) is 62.5 Å². The number of aromatic nitrogens is 5. The molecule has 0 aliphatic carbocycles. The molecule has 1 aliphatic heterocycles. The summed E-state index contributed by atoms with van der Waals surface area (Å²) in [6.07, 6.45) is 5.11. The second kappa shape index (κ2) is 9.95. The third-order valence-electron chi connectivity index (χ3n) is 6.50. The maximum absolute atomic E-state index is 12.2. The highest BCUT2D eigenvalue weighted by atomic mass is 35.5. The van der Waals surface area contributed by atoms with E-state index in [4.69, 9.17) is 23.8 Å². The number of pyridine rings is 1. The van der Waals surface area contributed by atoms with E-state index in [2.05, 4.69) is 48.4 Å². The summed E-state index contributed by atoms with van der Waals surface area (Å²) in [7, 11) is 0. The molecule has 2 N–H and O–H groups in total. The molecule has 1 fully saturated rings. The molecule has 0 radical (unpaired) electrons. The van der Waals surface area contributed by atoms with E-state index in [1.807, 2.05) is 61.8 Å². The number of benzene rings is 1. The van der Waals surface area contributed by atoms with E-state index >= 15 is 0 Å². The van der Waals surface area contributed by atoms with Crippen LogP contribution in [0.1, 0.15) is 48.6 Å². The zero-order valence-corrected chi connectivity index (χ0v) is 22.5. The Morgan fingerprint density at radius 1 is 1.14 bits per heavy atom. The van der Waals surface area contributed by atoms with Gasteiger partial charge in [-0.3, -0.25) is 14.5 Å². The monoisotopic (exact) mass is 534 g/mol. The van der Waals surface area contributed by atoms with Crippen LogP contribution < -0.4 is 15.5 Å². The zero-order chi connectivity index (χ0) is 26.3. The number of aryl methyl sites for hydroxylation is 1. The second-order valence-electron chi connectivity index (χ2n) is 9.28. The molecular weight excluding hydrogens is 508 g/mol. The van der Waals surface area contributed by atoms with Crippen molar-refractivity contribution < 1.29 is 4.79 Å². The van der Waals surface area contributed by atoms with Gasteiger partial charge in [0.15, 0.2) is 5.11 Å². The summed E-state index contributed by atoms with van der Waals surface area (Å²) in [5.74, 6) is -0.252. The highest BCUT2D eigenvalue weighted by Crippen LogP contribution is 2.44. The molecule has 5 rings (SSSR count). The Balaban J connectivity index is 1.61. The summed E-state index contributed by atoms with van der Waals surface area (Å²) in [4.78, 5) is 18.9. The van der Waals surface area contributed by atoms with Crippen LogP contribution in [0.3, 0.4) is 0 Å². The van der Waals surface area contributed by atoms with Crippen LogP contribution in [0, 0.1) is 19.8 Å². The molecule has 1 aliphatic rings. The lowest BCUT2D eigenvalue weighted by Gasteiger charge is -2.28. The van der Waals surface area contributed by atoms with Crippen molar-refractivity contribution in [3.05, 3.63) is 89.0 Å². The van der Waals surface area contributed by atoms with Crippen LogP contribution in [0.2, 0.25) is 5.02 Å². The third-order valence-corrected chi connectivity index (χ3v) is 7.13. The quantitative estimate of drug-likeness (QED) is 0.342. The first-order valence-electron chi connectivity index (χ1n) is 11.9. The van der Waals surface area contributed by atoms with Gasteiger partial charge < -0.3 is 15.5 Å². The number of hydrogen-bond donors (Lipinski definition) is 2. The lowest BCUT2D eigenvalue weighted by Crippen LogP contribution is -2.29. The Labute approximate surface area is 225 Å². The summed E-state index contributed by atoms with van der Waals surface area (Å²) in [5, 5.41) is 15.3. The Morgan fingerprint density at radius 2 is 1.89 bits per heavy atom. The number of thiocarbonyl (C=S) groups is 1. The van der Waals surface area contributed by atoms with Crippen molar-refractivity contribution in [2.75, 3.05) is 10.2 Å². The highest BCUT2D eigenvalue weighted by Gasteiger charge is 2.42. The average molecular weight is 535 g/mol. The molecule has 11 heteroatoms. The predicted octanol–water partition coefficient (Wildman–Crippen LogP) is 4.83. The van der Waals surface area contributed by atoms with Gasteiger partial charge in [-0.2, -0.15) is 0 Å². The molecule has 2 atom stereocenters. The lowest BCUT2D eigenvalue weighted by atomic mass is 9.96. The van der Waals surface area contributed by atoms with Crippen LogP contribution in [0.25, 0.3) is 0 Å². The molecule has 37 heavy (non-hydrogen) atoms. The summed E-state index contributed by atoms with van der Waals surface area (Å²) >= 11 is 12.5. The molecule has 1 amide bonds. The fourth-order valence-corrected chi connectivity index (χ4v) is 5.28. The van der Waals surface area contributed by atoms with Crippen LogP contribution >= 0.6 is 23.8 Å². The van der Waals surface area contributed by atoms with Crippen molar-refractivity contribution in [3.8, 4) is 0 Å². The maximum Gasteiger partial charge on any atom is 0.226 e. The Kier molecular flexibility index (Phi) is 6.70. The van der Waals surface area contributed by atoms with Gasteiger partial charge in [0.2, 0.25) is 5.91 Å². The molecule has 1 saturated heterocycles. The van der Waals surface area contributed by atoms with Crippen molar-refractivity contribution in [1.29, 1.82) is 0 Å². The van der Waals surface area contributed by atoms with Crippen molar-refractivity contribution >= 4 is 46.2 Å². The van der Waals surface area contributed by atoms with Gasteiger partial charge in [0.1, 0.15) is 12.7 Å². The van der Waals surface area contributed by atoms with Crippen LogP contribution in [0.4, 0.5) is 11.4 Å². The van der Waals surface area contributed by atoms with Crippen LogP contribution in [-0.4, -0.2) is 35.6 Å². The average Bonchev–Trinajstić information content (AvgIpc) is 3.58. The van der Waals surface area contributed by atoms with Gasteiger partial charge in [-0.15, -0.1) is 10.2 Å². The van der Waals surface area contributed by atoms with E-state index in [0.29, 0.717) is 15.8 Å². The number of hydrogen-bond acceptors (Lipinski definition) is 5. The van der Waals surface area contributed by atoms with Crippen molar-refractivity contribution in [3.63, 3.8) is 0 Å². The largest absolute Gasteiger partial charge is 0.351 e. The smallest absolute Gasteiger partial charge is 0.226 e. The normalized spacial score (nSPS) is 17.4. The highest BCUT2D eigenvalue weighted by molar-refractivity contribution is 7.80. The minimum absolute atomic E-state index is 0.0949. The molecular formula is C26H27ClN8OS. The lowest BCUT2D eigenvalue weighted by molar-refractivity contribution is -0.118. The van der Waals surface area contributed by atoms with E-state index < -0.39 is 0 Å². The van der Waals surface area contributed by atoms with Crippen LogP contribution in [0.5, 0.6) is 0 Å². The number of nitrogens with one attached hydrogen (secondary N) is 2. The van der Waals surface area contributed by atoms with Gasteiger partial charge in [-0.1, -0.05) is 31.5 Å². The van der Waals surface area contributed by atoms with Gasteiger partial charge >= 0.3 is 0 Å². The molecule has 190 valence electrons. The molecule has 4 heterocycles. The first-order valence-corrected chi connectivity index (χ1v) is 12.7. The summed E-state index contributed by atoms with van der Waals surface area (Å²) < 4.78 is 3.90. The molecule has 0 spiro atoms. The standard InChI is InChI=1S/C26H27ClN8OS/c1-15(2)25(36)31-21-9-8-18(12-20(21)27)34-24(23(32-26(34)37)22-7-5-6-10-28-22)19-11-16(3)35(17(19)4)33-13-29-30-14-33/h5-15,23-24H,1-4H3,(H,31,36)(H,32,37)/t23-,24-/m0/s1. The summed E-state index contributed by atoms with van der Waals surface area (Å²) in [6, 6.07) is 13.1. The van der Waals surface area contributed by atoms with E-state index in [1.54, 1.807) is 18.9 Å². The van der Waals surface area contributed by atoms with Crippen LogP contribution in [-0.2, 0) is 4.79 Å². The third kappa shape index (κ3) is 4.58. The van der Waals surface area contributed by atoms with Gasteiger partial charge in [0.05, 0.1) is 28.5 Å². The first kappa shape index (κ1) is 24.9. The Bertz CT molecular complexity index is 1450. The van der Waals surface area contributed by atoms with Crippen molar-refractivity contribution in [2.45, 2.75) is 39.8 Å². The van der Waals surface area contributed by atoms with E-state index in [-0.39, 0.29) is 23.9 Å². The number of carbonyl (C=O) groups excluding carboxylic acids is 1. The van der Waals surface area contributed by atoms with Gasteiger partial charge in [0.25, 0.3) is 0 Å². The minimum Gasteiger partial charge on any atom is -0.351 e. The summed E-state index contributed by atoms with van der Waals surface area (Å²) in [5.41, 5.74) is 5.36. The molecule has 1 aromatic carbocycles. The number of rotatable bonds is 6. The number of amides is 1. The number of nitrogens with zero attached hydrogens (tertiary/aromatic N) is 6. The van der Waals surface area contributed by atoms with E-state index in [0.717, 1.165) is 28.3 Å². The first-order chi connectivity index (χ1) is 17.8. The Hall–Kier alpha value is -3.76. The zero-order valence-electron chi connectivity index (χ0n) is 20.9. The van der Waals surface area contributed by atoms with Crippen molar-refractivity contribution in [2.24, 2.45) is 5.92 Å². The Morgan fingerprint density at radius 3 is 2.54 bits per heavy atom. The molecule has 0 unspecified atom stereocenters. The van der Waals surface area contributed by atoms with Gasteiger partial charge in [-0.25, -0.2) is 4.68 Å². The fourth-order valence-electron chi connectivity index (χ4n) is 4.71. The number of anilines is 2. The maximum atomic E-state index is 12.2. The van der Waals surface area contributed by atoms with E-state index in [9.17, 15) is 4.79 Å². The fraction of sp³-hybridized carbons (Fsp3) is 0.269. The van der Waals surface area contributed by atoms with Crippen LogP contribution in [0.15, 0.2) is 61.3 Å². The summed E-state index contributed by atoms with van der Waals surface area (Å²) in [6.45, 7) is 7.78. The SMILES string of the molecule is Cc1cc([C@H]2[C@H](c3ccccn3)NC(=S)N2c2ccc(NC(=O)C(C)C)c(Cl)c2)c(C)n1-n1cnnc1. The topological polar surface area (TPSA) is 92.9 Å². The number of carbonyl (C=O) groups is 1. The second-order valence-corrected chi connectivity index (χ2v) is 10.1. The van der Waals surface area contributed by atoms with E-state index in [1.165, 1.54) is 0 Å². The molecule has 0 bridgehead atoms. The predicted molar refractivity (Wildman–Crippen MR) is 148 cm³/mol. The molecule has 9 nitrogen and oxygen atoms in total. The molecule has 3 aromatic heterocycles. The molecule has 4 aromatic rings. The number of halogens is 1. The van der Waals surface area contributed by atoms with Gasteiger partial charge in [0, 0.05) is 34.8 Å². The minimum atomic E-state index is -0.217. The molecule has 0 saturated carbocycles.